The van der Waals surface area contributed by atoms with Crippen molar-refractivity contribution in [2.24, 2.45) is 0 Å². The van der Waals surface area contributed by atoms with Crippen LogP contribution in [-0.4, -0.2) is 4.92 Å². The molecule has 0 amide bonds. The summed E-state index contributed by atoms with van der Waals surface area (Å²) in [7, 11) is 0. The molecule has 1 rings (SSSR count). The van der Waals surface area contributed by atoms with Crippen LogP contribution in [0.25, 0.3) is 6.08 Å². The first-order valence-electron chi connectivity index (χ1n) is 3.42. The van der Waals surface area contributed by atoms with Crippen LogP contribution in [0.15, 0.2) is 17.0 Å². The van der Waals surface area contributed by atoms with Gasteiger partial charge in [-0.1, -0.05) is 0 Å². The Morgan fingerprint density at radius 3 is 2.64 bits per heavy atom. The van der Waals surface area contributed by atoms with Gasteiger partial charge < -0.3 is 0 Å². The molecule has 1 aromatic heterocycles. The van der Waals surface area contributed by atoms with E-state index in [2.05, 4.69) is 0 Å². The maximum absolute atomic E-state index is 10.3. The van der Waals surface area contributed by atoms with E-state index in [-0.39, 0.29) is 11.3 Å². The van der Waals surface area contributed by atoms with Crippen LogP contribution in [0.1, 0.15) is 4.88 Å². The maximum atomic E-state index is 10.3. The van der Waals surface area contributed by atoms with Gasteiger partial charge in [0.1, 0.15) is 17.7 Å². The van der Waals surface area contributed by atoms with E-state index in [0.717, 1.165) is 11.3 Å². The molecule has 1 heterocycles. The molecule has 0 spiro atoms. The summed E-state index contributed by atoms with van der Waals surface area (Å²) in [6.45, 7) is 0. The molecule has 14 heavy (non-hydrogen) atoms. The van der Waals surface area contributed by atoms with Gasteiger partial charge in [0.05, 0.1) is 10.3 Å². The lowest BCUT2D eigenvalue weighted by atomic mass is 10.3. The summed E-state index contributed by atoms with van der Waals surface area (Å²) >= 11 is 1.12. The molecule has 0 aromatic carbocycles. The molecule has 0 saturated heterocycles. The fraction of sp³-hybridized carbons (Fsp3) is 0. The van der Waals surface area contributed by atoms with E-state index in [1.807, 2.05) is 0 Å². The van der Waals surface area contributed by atoms with Crippen molar-refractivity contribution in [2.45, 2.75) is 0 Å². The molecule has 0 bridgehead atoms. The van der Waals surface area contributed by atoms with Gasteiger partial charge in [0.15, 0.2) is 0 Å². The Morgan fingerprint density at radius 1 is 1.57 bits per heavy atom. The van der Waals surface area contributed by atoms with Crippen LogP contribution in [0.2, 0.25) is 0 Å². The van der Waals surface area contributed by atoms with Crippen molar-refractivity contribution in [3.8, 4) is 12.1 Å². The van der Waals surface area contributed by atoms with E-state index in [1.165, 1.54) is 17.5 Å². The minimum absolute atomic E-state index is 0.0310. The van der Waals surface area contributed by atoms with Crippen molar-refractivity contribution < 1.29 is 4.92 Å². The highest BCUT2D eigenvalue weighted by molar-refractivity contribution is 7.11. The molecule has 0 aliphatic heterocycles. The molecule has 0 radical (unpaired) electrons. The van der Waals surface area contributed by atoms with Crippen molar-refractivity contribution in [1.29, 1.82) is 10.5 Å². The first-order chi connectivity index (χ1) is 6.67. The smallest absolute Gasteiger partial charge is 0.258 e. The van der Waals surface area contributed by atoms with Gasteiger partial charge in [-0.2, -0.15) is 10.5 Å². The van der Waals surface area contributed by atoms with Crippen LogP contribution < -0.4 is 0 Å². The average molecular weight is 205 g/mol. The normalized spacial score (nSPS) is 8.43. The minimum Gasteiger partial charge on any atom is -0.258 e. The van der Waals surface area contributed by atoms with Crippen molar-refractivity contribution in [1.82, 2.24) is 0 Å². The van der Waals surface area contributed by atoms with Crippen LogP contribution in [0.5, 0.6) is 0 Å². The van der Waals surface area contributed by atoms with Gasteiger partial charge in [-0.15, -0.1) is 11.3 Å². The zero-order chi connectivity index (χ0) is 10.6. The van der Waals surface area contributed by atoms with Gasteiger partial charge in [-0.3, -0.25) is 10.1 Å². The third-order valence-corrected chi connectivity index (χ3v) is 2.21. The lowest BCUT2D eigenvalue weighted by Crippen LogP contribution is -1.82. The minimum atomic E-state index is -0.522. The predicted molar refractivity (Wildman–Crippen MR) is 50.2 cm³/mol. The Morgan fingerprint density at radius 2 is 2.21 bits per heavy atom. The largest absolute Gasteiger partial charge is 0.280 e. The summed E-state index contributed by atoms with van der Waals surface area (Å²) in [5, 5.41) is 28.5. The Balaban J connectivity index is 3.01. The molecule has 0 unspecified atom stereocenters. The molecule has 0 N–H and O–H groups in total. The lowest BCUT2D eigenvalue weighted by Gasteiger charge is -1.81. The second kappa shape index (κ2) is 4.17. The van der Waals surface area contributed by atoms with Crippen molar-refractivity contribution in [3.63, 3.8) is 0 Å². The van der Waals surface area contributed by atoms with E-state index >= 15 is 0 Å². The van der Waals surface area contributed by atoms with Crippen LogP contribution in [0.3, 0.4) is 0 Å². The molecular formula is C8H3N3O2S. The Labute approximate surface area is 83.3 Å². The first kappa shape index (κ1) is 9.90. The number of allylic oxidation sites excluding steroid dienone is 1. The summed E-state index contributed by atoms with van der Waals surface area (Å²) < 4.78 is 0. The fourth-order valence-corrected chi connectivity index (χ4v) is 1.53. The summed E-state index contributed by atoms with van der Waals surface area (Å²) in [6.07, 6.45) is 1.32. The summed E-state index contributed by atoms with van der Waals surface area (Å²) in [6, 6.07) is 4.67. The fourth-order valence-electron chi connectivity index (χ4n) is 0.745. The highest BCUT2D eigenvalue weighted by atomic mass is 32.1. The van der Waals surface area contributed by atoms with Gasteiger partial charge in [-0.05, 0) is 6.08 Å². The molecule has 68 valence electrons. The van der Waals surface area contributed by atoms with Crippen LogP contribution in [0.4, 0.5) is 5.69 Å². The number of hydrogen-bond acceptors (Lipinski definition) is 5. The predicted octanol–water partition coefficient (Wildman–Crippen LogP) is 2.09. The molecule has 0 aliphatic rings. The molecule has 5 nitrogen and oxygen atoms in total. The van der Waals surface area contributed by atoms with Gasteiger partial charge >= 0.3 is 0 Å². The standard InChI is InChI=1S/C8H3N3O2S/c9-3-6(4-10)1-8-2-7(5-14-8)11(12)13/h1-2,5H. The zero-order valence-electron chi connectivity index (χ0n) is 6.80. The Bertz CT molecular complexity index is 460. The summed E-state index contributed by atoms with van der Waals surface area (Å²) in [5.74, 6) is 0. The van der Waals surface area contributed by atoms with Crippen LogP contribution >= 0.6 is 11.3 Å². The number of nitrogens with zero attached hydrogens (tertiary/aromatic N) is 3. The second-order valence-corrected chi connectivity index (χ2v) is 3.19. The number of hydrogen-bond donors (Lipinski definition) is 0. The molecule has 0 saturated carbocycles. The Kier molecular flexibility index (Phi) is 2.95. The molecule has 1 aromatic rings. The SMILES string of the molecule is N#CC(C#N)=Cc1cc([N+](=O)[O-])cs1. The van der Waals surface area contributed by atoms with E-state index in [4.69, 9.17) is 10.5 Å². The number of nitro groups is 1. The maximum Gasteiger partial charge on any atom is 0.280 e. The van der Waals surface area contributed by atoms with Crippen LogP contribution in [-0.2, 0) is 0 Å². The summed E-state index contributed by atoms with van der Waals surface area (Å²) in [4.78, 5) is 10.3. The molecule has 0 atom stereocenters. The second-order valence-electron chi connectivity index (χ2n) is 2.25. The summed E-state index contributed by atoms with van der Waals surface area (Å²) in [5.41, 5.74) is -0.0989. The highest BCUT2D eigenvalue weighted by Gasteiger charge is 2.08. The van der Waals surface area contributed by atoms with E-state index < -0.39 is 4.92 Å². The van der Waals surface area contributed by atoms with Gasteiger partial charge in [0.25, 0.3) is 5.69 Å². The molecule has 6 heteroatoms. The van der Waals surface area contributed by atoms with Gasteiger partial charge in [-0.25, -0.2) is 0 Å². The first-order valence-corrected chi connectivity index (χ1v) is 4.30. The van der Waals surface area contributed by atoms with E-state index in [0.29, 0.717) is 4.88 Å². The van der Waals surface area contributed by atoms with Crippen molar-refractivity contribution in [3.05, 3.63) is 32.0 Å². The number of rotatable bonds is 2. The van der Waals surface area contributed by atoms with E-state index in [9.17, 15) is 10.1 Å². The molecule has 0 aliphatic carbocycles. The highest BCUT2D eigenvalue weighted by Crippen LogP contribution is 2.23. The monoisotopic (exact) mass is 205 g/mol. The molecular weight excluding hydrogens is 202 g/mol. The van der Waals surface area contributed by atoms with Gasteiger partial charge in [0.2, 0.25) is 0 Å². The third-order valence-electron chi connectivity index (χ3n) is 1.34. The average Bonchev–Trinajstić information content (AvgIpc) is 2.62. The van der Waals surface area contributed by atoms with Crippen molar-refractivity contribution in [2.75, 3.05) is 0 Å². The topological polar surface area (TPSA) is 90.7 Å². The van der Waals surface area contributed by atoms with E-state index in [1.54, 1.807) is 12.1 Å². The lowest BCUT2D eigenvalue weighted by molar-refractivity contribution is -0.384. The zero-order valence-corrected chi connectivity index (χ0v) is 7.61. The van der Waals surface area contributed by atoms with Gasteiger partial charge in [0, 0.05) is 10.9 Å². The van der Waals surface area contributed by atoms with Crippen LogP contribution in [0, 0.1) is 32.8 Å². The van der Waals surface area contributed by atoms with Crippen molar-refractivity contribution >= 4 is 23.1 Å². The number of thiophene rings is 1. The number of nitriles is 2. The Hall–Kier alpha value is -2.18. The quantitative estimate of drug-likeness (QED) is 0.420. The molecule has 0 fully saturated rings. The third kappa shape index (κ3) is 2.16.